The number of nitrogens with zero attached hydrogens (tertiary/aromatic N) is 4. The number of morpholine rings is 1. The molecule has 134 valence electrons. The Balaban J connectivity index is 1.31. The molecule has 1 saturated heterocycles. The molecule has 3 atom stereocenters. The van der Waals surface area contributed by atoms with Crippen LogP contribution in [0.1, 0.15) is 24.0 Å². The molecule has 0 radical (unpaired) electrons. The fraction of sp³-hybridized carbons (Fsp3) is 0.579. The van der Waals surface area contributed by atoms with E-state index in [1.807, 2.05) is 30.2 Å². The van der Waals surface area contributed by atoms with E-state index in [0.717, 1.165) is 31.9 Å². The topological polar surface area (TPSA) is 52.4 Å². The number of ether oxygens (including phenoxy) is 2. The van der Waals surface area contributed by atoms with Crippen molar-refractivity contribution in [2.45, 2.75) is 38.1 Å². The standard InChI is InChI=1S/C19H26N4O2/c1-22-11-16(10-21-22)12-23-7-8-25-19-17(4-5-18(19)23)14-24-13-15-3-2-6-20-9-15/h2-3,6,9-11,17-19H,4-5,7-8,12-14H2,1H3/t17-,18-,19+/m0/s1. The molecule has 6 nitrogen and oxygen atoms in total. The zero-order valence-corrected chi connectivity index (χ0v) is 14.8. The van der Waals surface area contributed by atoms with Crippen LogP contribution in [0.5, 0.6) is 0 Å². The highest BCUT2D eigenvalue weighted by Gasteiger charge is 2.42. The van der Waals surface area contributed by atoms with E-state index in [0.29, 0.717) is 24.7 Å². The quantitative estimate of drug-likeness (QED) is 0.804. The van der Waals surface area contributed by atoms with Gasteiger partial charge < -0.3 is 9.47 Å². The van der Waals surface area contributed by atoms with E-state index in [-0.39, 0.29) is 0 Å². The van der Waals surface area contributed by atoms with Crippen LogP contribution in [0, 0.1) is 5.92 Å². The van der Waals surface area contributed by atoms with Crippen molar-refractivity contribution in [1.29, 1.82) is 0 Å². The van der Waals surface area contributed by atoms with Gasteiger partial charge in [0.1, 0.15) is 0 Å². The third-order valence-electron chi connectivity index (χ3n) is 5.30. The first-order valence-corrected chi connectivity index (χ1v) is 9.09. The number of fused-ring (bicyclic) bond motifs is 1. The number of hydrogen-bond acceptors (Lipinski definition) is 5. The summed E-state index contributed by atoms with van der Waals surface area (Å²) in [5.41, 5.74) is 2.40. The van der Waals surface area contributed by atoms with E-state index in [1.165, 1.54) is 18.4 Å². The lowest BCUT2D eigenvalue weighted by Gasteiger charge is -2.39. The molecule has 4 rings (SSSR count). The smallest absolute Gasteiger partial charge is 0.0781 e. The van der Waals surface area contributed by atoms with E-state index >= 15 is 0 Å². The monoisotopic (exact) mass is 342 g/mol. The summed E-state index contributed by atoms with van der Waals surface area (Å²) in [4.78, 5) is 6.70. The van der Waals surface area contributed by atoms with Gasteiger partial charge in [0.05, 0.1) is 32.1 Å². The summed E-state index contributed by atoms with van der Waals surface area (Å²) >= 11 is 0. The number of hydrogen-bond donors (Lipinski definition) is 0. The van der Waals surface area contributed by atoms with E-state index in [2.05, 4.69) is 27.2 Å². The van der Waals surface area contributed by atoms with Crippen LogP contribution in [0.4, 0.5) is 0 Å². The van der Waals surface area contributed by atoms with E-state index in [9.17, 15) is 0 Å². The maximum Gasteiger partial charge on any atom is 0.0781 e. The largest absolute Gasteiger partial charge is 0.376 e. The maximum atomic E-state index is 6.14. The Labute approximate surface area is 148 Å². The second-order valence-corrected chi connectivity index (χ2v) is 7.11. The van der Waals surface area contributed by atoms with Gasteiger partial charge >= 0.3 is 0 Å². The molecule has 25 heavy (non-hydrogen) atoms. The second-order valence-electron chi connectivity index (χ2n) is 7.11. The Bertz CT molecular complexity index is 675. The summed E-state index contributed by atoms with van der Waals surface area (Å²) in [6.45, 7) is 4.15. The van der Waals surface area contributed by atoms with Gasteiger partial charge in [-0.2, -0.15) is 5.10 Å². The molecule has 1 saturated carbocycles. The zero-order valence-electron chi connectivity index (χ0n) is 14.8. The molecule has 1 aliphatic heterocycles. The number of aromatic nitrogens is 3. The average Bonchev–Trinajstić information content (AvgIpc) is 3.23. The highest BCUT2D eigenvalue weighted by atomic mass is 16.5. The molecule has 6 heteroatoms. The summed E-state index contributed by atoms with van der Waals surface area (Å²) < 4.78 is 14.0. The van der Waals surface area contributed by atoms with Crippen LogP contribution in [0.2, 0.25) is 0 Å². The van der Waals surface area contributed by atoms with Crippen molar-refractivity contribution >= 4 is 0 Å². The van der Waals surface area contributed by atoms with Gasteiger partial charge in [0.15, 0.2) is 0 Å². The molecule has 0 spiro atoms. The van der Waals surface area contributed by atoms with Gasteiger partial charge in [-0.3, -0.25) is 14.6 Å². The molecule has 0 bridgehead atoms. The van der Waals surface area contributed by atoms with Crippen LogP contribution in [-0.4, -0.2) is 51.6 Å². The van der Waals surface area contributed by atoms with E-state index in [1.54, 1.807) is 6.20 Å². The van der Waals surface area contributed by atoms with Gasteiger partial charge in [0.25, 0.3) is 0 Å². The van der Waals surface area contributed by atoms with Crippen LogP contribution in [0.25, 0.3) is 0 Å². The Morgan fingerprint density at radius 2 is 2.24 bits per heavy atom. The van der Waals surface area contributed by atoms with Crippen molar-refractivity contribution in [1.82, 2.24) is 19.7 Å². The van der Waals surface area contributed by atoms with Crippen LogP contribution >= 0.6 is 0 Å². The molecule has 0 aromatic carbocycles. The SMILES string of the molecule is Cn1cc(CN2CCO[C@@H]3[C@H](COCc4cccnc4)CC[C@@H]32)cn1. The molecule has 0 unspecified atom stereocenters. The first kappa shape index (κ1) is 16.7. The summed E-state index contributed by atoms with van der Waals surface area (Å²) in [5.74, 6) is 0.485. The Morgan fingerprint density at radius 1 is 1.28 bits per heavy atom. The first-order valence-electron chi connectivity index (χ1n) is 9.09. The normalized spacial score (nSPS) is 26.7. The summed E-state index contributed by atoms with van der Waals surface area (Å²) in [7, 11) is 1.97. The number of aryl methyl sites for hydroxylation is 1. The highest BCUT2D eigenvalue weighted by Crippen LogP contribution is 2.35. The average molecular weight is 342 g/mol. The molecule has 0 N–H and O–H groups in total. The van der Waals surface area contributed by atoms with Crippen LogP contribution in [0.3, 0.4) is 0 Å². The number of rotatable bonds is 6. The predicted octanol–water partition coefficient (Wildman–Crippen LogP) is 2.01. The van der Waals surface area contributed by atoms with Crippen molar-refractivity contribution in [3.8, 4) is 0 Å². The van der Waals surface area contributed by atoms with Crippen LogP contribution in [-0.2, 0) is 29.7 Å². The maximum absolute atomic E-state index is 6.14. The molecular weight excluding hydrogens is 316 g/mol. The minimum Gasteiger partial charge on any atom is -0.376 e. The van der Waals surface area contributed by atoms with Crippen molar-refractivity contribution in [2.75, 3.05) is 19.8 Å². The fourth-order valence-electron chi connectivity index (χ4n) is 4.11. The van der Waals surface area contributed by atoms with Gasteiger partial charge in [-0.05, 0) is 24.5 Å². The Kier molecular flexibility index (Phi) is 5.10. The van der Waals surface area contributed by atoms with Gasteiger partial charge in [-0.15, -0.1) is 0 Å². The van der Waals surface area contributed by atoms with Gasteiger partial charge in [-0.1, -0.05) is 6.07 Å². The van der Waals surface area contributed by atoms with Gasteiger partial charge in [-0.25, -0.2) is 0 Å². The third-order valence-corrected chi connectivity index (χ3v) is 5.30. The predicted molar refractivity (Wildman–Crippen MR) is 93.8 cm³/mol. The second kappa shape index (κ2) is 7.64. The Hall–Kier alpha value is -1.76. The molecule has 0 amide bonds. The summed E-state index contributed by atoms with van der Waals surface area (Å²) in [6, 6.07) is 4.50. The lowest BCUT2D eigenvalue weighted by atomic mass is 10.0. The van der Waals surface area contributed by atoms with Crippen molar-refractivity contribution < 1.29 is 9.47 Å². The minimum atomic E-state index is 0.291. The van der Waals surface area contributed by atoms with Crippen LogP contribution in [0.15, 0.2) is 36.9 Å². The van der Waals surface area contributed by atoms with Crippen molar-refractivity contribution in [3.05, 3.63) is 48.0 Å². The molecule has 2 aromatic heterocycles. The lowest BCUT2D eigenvalue weighted by molar-refractivity contribution is -0.0891. The molecule has 3 heterocycles. The van der Waals surface area contributed by atoms with E-state index < -0.39 is 0 Å². The molecule has 2 fully saturated rings. The first-order chi connectivity index (χ1) is 12.3. The zero-order chi connectivity index (χ0) is 17.1. The van der Waals surface area contributed by atoms with Gasteiger partial charge in [0.2, 0.25) is 0 Å². The lowest BCUT2D eigenvalue weighted by Crippen LogP contribution is -2.50. The third kappa shape index (κ3) is 3.92. The number of pyridine rings is 1. The molecular formula is C19H26N4O2. The summed E-state index contributed by atoms with van der Waals surface area (Å²) in [5, 5.41) is 4.29. The van der Waals surface area contributed by atoms with Gasteiger partial charge in [0, 0.05) is 56.3 Å². The fourth-order valence-corrected chi connectivity index (χ4v) is 4.11. The molecule has 1 aliphatic carbocycles. The summed E-state index contributed by atoms with van der Waals surface area (Å²) in [6.07, 6.45) is 10.4. The molecule has 2 aromatic rings. The Morgan fingerprint density at radius 3 is 3.04 bits per heavy atom. The molecule has 2 aliphatic rings. The van der Waals surface area contributed by atoms with Crippen molar-refractivity contribution in [3.63, 3.8) is 0 Å². The van der Waals surface area contributed by atoms with Crippen molar-refractivity contribution in [2.24, 2.45) is 13.0 Å². The minimum absolute atomic E-state index is 0.291. The van der Waals surface area contributed by atoms with E-state index in [4.69, 9.17) is 9.47 Å². The highest BCUT2D eigenvalue weighted by molar-refractivity contribution is 5.07. The van der Waals surface area contributed by atoms with Crippen LogP contribution < -0.4 is 0 Å².